The summed E-state index contributed by atoms with van der Waals surface area (Å²) < 4.78 is 14.1. The van der Waals surface area contributed by atoms with Crippen LogP contribution in [-0.4, -0.2) is 9.97 Å². The number of halogens is 2. The number of aromatic nitrogens is 2. The number of hydrogen-bond donors (Lipinski definition) is 1. The van der Waals surface area contributed by atoms with Crippen molar-refractivity contribution in [3.8, 4) is 0 Å². The minimum atomic E-state index is -0.260. The molecule has 0 aliphatic heterocycles. The Labute approximate surface area is 120 Å². The summed E-state index contributed by atoms with van der Waals surface area (Å²) >= 11 is 3.36. The van der Waals surface area contributed by atoms with Gasteiger partial charge in [-0.25, -0.2) is 14.4 Å². The number of hydrogen-bond acceptors (Lipinski definition) is 3. The van der Waals surface area contributed by atoms with Gasteiger partial charge >= 0.3 is 0 Å². The summed E-state index contributed by atoms with van der Waals surface area (Å²) in [5.41, 5.74) is 1.55. The van der Waals surface area contributed by atoms with Gasteiger partial charge in [0.2, 0.25) is 0 Å². The van der Waals surface area contributed by atoms with Crippen LogP contribution in [0.25, 0.3) is 0 Å². The molecule has 1 N–H and O–H groups in total. The molecule has 0 radical (unpaired) electrons. The molecule has 0 spiro atoms. The van der Waals surface area contributed by atoms with E-state index in [1.807, 2.05) is 13.0 Å². The fraction of sp³-hybridized carbons (Fsp3) is 0.286. The zero-order valence-electron chi connectivity index (χ0n) is 10.9. The van der Waals surface area contributed by atoms with E-state index in [0.29, 0.717) is 11.5 Å². The quantitative estimate of drug-likeness (QED) is 0.848. The van der Waals surface area contributed by atoms with E-state index >= 15 is 0 Å². The first-order chi connectivity index (χ1) is 9.06. The molecule has 0 atom stereocenters. The molecule has 0 fully saturated rings. The number of benzene rings is 1. The Kier molecular flexibility index (Phi) is 4.47. The maximum absolute atomic E-state index is 13.3. The average Bonchev–Trinajstić information content (AvgIpc) is 2.26. The Bertz CT molecular complexity index is 567. The van der Waals surface area contributed by atoms with E-state index in [-0.39, 0.29) is 5.82 Å². The highest BCUT2D eigenvalue weighted by atomic mass is 79.9. The fourth-order valence-electron chi connectivity index (χ4n) is 1.82. The molecular formula is C14H15BrFN3. The standard InChI is InChI=1S/C14H15BrFN3/c1-3-4-13-18-12(15)8-14(19-13)17-11-6-9(2)5-10(16)7-11/h5-8H,3-4H2,1-2H3,(H,17,18,19). The SMILES string of the molecule is CCCc1nc(Br)cc(Nc2cc(C)cc(F)c2)n1. The molecule has 0 saturated carbocycles. The van der Waals surface area contributed by atoms with Gasteiger partial charge in [-0.1, -0.05) is 6.92 Å². The molecule has 0 amide bonds. The van der Waals surface area contributed by atoms with E-state index < -0.39 is 0 Å². The average molecular weight is 324 g/mol. The van der Waals surface area contributed by atoms with Gasteiger partial charge in [-0.2, -0.15) is 0 Å². The van der Waals surface area contributed by atoms with Crippen LogP contribution in [0.3, 0.4) is 0 Å². The normalized spacial score (nSPS) is 10.5. The molecule has 1 aromatic heterocycles. The Morgan fingerprint density at radius 3 is 2.68 bits per heavy atom. The van der Waals surface area contributed by atoms with E-state index in [1.54, 1.807) is 6.07 Å². The predicted molar refractivity (Wildman–Crippen MR) is 78.1 cm³/mol. The predicted octanol–water partition coefficient (Wildman–Crippen LogP) is 4.38. The van der Waals surface area contributed by atoms with Crippen molar-refractivity contribution in [2.75, 3.05) is 5.32 Å². The smallest absolute Gasteiger partial charge is 0.135 e. The van der Waals surface area contributed by atoms with Crippen molar-refractivity contribution in [1.82, 2.24) is 9.97 Å². The van der Waals surface area contributed by atoms with E-state index in [9.17, 15) is 4.39 Å². The highest BCUT2D eigenvalue weighted by molar-refractivity contribution is 9.10. The maximum atomic E-state index is 13.3. The van der Waals surface area contributed by atoms with Crippen LogP contribution in [0.4, 0.5) is 15.9 Å². The van der Waals surface area contributed by atoms with Gasteiger partial charge in [0.15, 0.2) is 0 Å². The van der Waals surface area contributed by atoms with Crippen molar-refractivity contribution < 1.29 is 4.39 Å². The summed E-state index contributed by atoms with van der Waals surface area (Å²) in [6.45, 7) is 3.93. The van der Waals surface area contributed by atoms with Gasteiger partial charge in [-0.15, -0.1) is 0 Å². The number of aryl methyl sites for hydroxylation is 2. The third-order valence-corrected chi connectivity index (χ3v) is 2.94. The van der Waals surface area contributed by atoms with Crippen LogP contribution in [0.15, 0.2) is 28.9 Å². The molecule has 1 heterocycles. The summed E-state index contributed by atoms with van der Waals surface area (Å²) in [7, 11) is 0. The van der Waals surface area contributed by atoms with Gasteiger partial charge in [0.1, 0.15) is 22.1 Å². The zero-order chi connectivity index (χ0) is 13.8. The zero-order valence-corrected chi connectivity index (χ0v) is 12.5. The third-order valence-electron chi connectivity index (χ3n) is 2.53. The fourth-order valence-corrected chi connectivity index (χ4v) is 2.24. The van der Waals surface area contributed by atoms with Crippen LogP contribution >= 0.6 is 15.9 Å². The van der Waals surface area contributed by atoms with Crippen LogP contribution in [0, 0.1) is 12.7 Å². The lowest BCUT2D eigenvalue weighted by Gasteiger charge is -2.08. The molecule has 2 aromatic rings. The Morgan fingerprint density at radius 1 is 1.21 bits per heavy atom. The topological polar surface area (TPSA) is 37.8 Å². The second kappa shape index (κ2) is 6.10. The minimum absolute atomic E-state index is 0.260. The van der Waals surface area contributed by atoms with Gasteiger partial charge in [0.25, 0.3) is 0 Å². The van der Waals surface area contributed by atoms with Crippen LogP contribution < -0.4 is 5.32 Å². The van der Waals surface area contributed by atoms with E-state index in [1.165, 1.54) is 12.1 Å². The summed E-state index contributed by atoms with van der Waals surface area (Å²) in [5.74, 6) is 1.17. The van der Waals surface area contributed by atoms with Gasteiger partial charge in [-0.05, 0) is 53.0 Å². The molecule has 0 aliphatic carbocycles. The third kappa shape index (κ3) is 3.99. The molecule has 0 unspecified atom stereocenters. The number of anilines is 2. The van der Waals surface area contributed by atoms with Crippen LogP contribution in [0.2, 0.25) is 0 Å². The molecule has 1 aromatic carbocycles. The summed E-state index contributed by atoms with van der Waals surface area (Å²) in [4.78, 5) is 8.70. The van der Waals surface area contributed by atoms with Crippen molar-refractivity contribution in [2.45, 2.75) is 26.7 Å². The van der Waals surface area contributed by atoms with Crippen molar-refractivity contribution in [1.29, 1.82) is 0 Å². The van der Waals surface area contributed by atoms with Gasteiger partial charge < -0.3 is 5.32 Å². The summed E-state index contributed by atoms with van der Waals surface area (Å²) in [6, 6.07) is 6.59. The molecule has 2 rings (SSSR count). The number of nitrogens with one attached hydrogen (secondary N) is 1. The second-order valence-corrected chi connectivity index (χ2v) is 5.20. The Hall–Kier alpha value is -1.49. The van der Waals surface area contributed by atoms with Gasteiger partial charge in [-0.3, -0.25) is 0 Å². The lowest BCUT2D eigenvalue weighted by Crippen LogP contribution is -2.01. The molecule has 0 bridgehead atoms. The first-order valence-electron chi connectivity index (χ1n) is 6.14. The first kappa shape index (κ1) is 13.9. The highest BCUT2D eigenvalue weighted by Gasteiger charge is 2.04. The van der Waals surface area contributed by atoms with E-state index in [2.05, 4.69) is 38.1 Å². The van der Waals surface area contributed by atoms with Crippen molar-refractivity contribution in [3.05, 3.63) is 46.1 Å². The van der Waals surface area contributed by atoms with Gasteiger partial charge in [0.05, 0.1) is 0 Å². The van der Waals surface area contributed by atoms with Crippen molar-refractivity contribution >= 4 is 27.4 Å². The molecule has 100 valence electrons. The largest absolute Gasteiger partial charge is 0.340 e. The van der Waals surface area contributed by atoms with E-state index in [0.717, 1.165) is 28.8 Å². The monoisotopic (exact) mass is 323 g/mol. The van der Waals surface area contributed by atoms with Crippen molar-refractivity contribution in [2.24, 2.45) is 0 Å². The molecule has 0 saturated heterocycles. The van der Waals surface area contributed by atoms with E-state index in [4.69, 9.17) is 0 Å². The van der Waals surface area contributed by atoms with Crippen LogP contribution in [0.5, 0.6) is 0 Å². The Morgan fingerprint density at radius 2 is 2.00 bits per heavy atom. The number of nitrogens with zero attached hydrogens (tertiary/aromatic N) is 2. The molecular weight excluding hydrogens is 309 g/mol. The lowest BCUT2D eigenvalue weighted by atomic mass is 10.2. The molecule has 19 heavy (non-hydrogen) atoms. The van der Waals surface area contributed by atoms with Crippen molar-refractivity contribution in [3.63, 3.8) is 0 Å². The van der Waals surface area contributed by atoms with Crippen LogP contribution in [0.1, 0.15) is 24.7 Å². The summed E-state index contributed by atoms with van der Waals surface area (Å²) in [6.07, 6.45) is 1.80. The molecule has 3 nitrogen and oxygen atoms in total. The molecule has 5 heteroatoms. The second-order valence-electron chi connectivity index (χ2n) is 4.38. The number of rotatable bonds is 4. The minimum Gasteiger partial charge on any atom is -0.340 e. The van der Waals surface area contributed by atoms with Gasteiger partial charge in [0, 0.05) is 18.2 Å². The maximum Gasteiger partial charge on any atom is 0.135 e. The first-order valence-corrected chi connectivity index (χ1v) is 6.94. The Balaban J connectivity index is 2.27. The van der Waals surface area contributed by atoms with Crippen LogP contribution in [-0.2, 0) is 6.42 Å². The highest BCUT2D eigenvalue weighted by Crippen LogP contribution is 2.20. The lowest BCUT2D eigenvalue weighted by molar-refractivity contribution is 0.627. The molecule has 0 aliphatic rings. The summed E-state index contributed by atoms with van der Waals surface area (Å²) in [5, 5.41) is 3.10.